The summed E-state index contributed by atoms with van der Waals surface area (Å²) in [7, 11) is 0. The van der Waals surface area contributed by atoms with E-state index in [1.54, 1.807) is 0 Å². The first-order valence-electron chi connectivity index (χ1n) is 25.3. The molecule has 0 aliphatic heterocycles. The summed E-state index contributed by atoms with van der Waals surface area (Å²) in [5, 5.41) is 3.97. The Kier molecular flexibility index (Phi) is 9.41. The molecule has 0 N–H and O–H groups in total. The van der Waals surface area contributed by atoms with Crippen molar-refractivity contribution in [2.75, 3.05) is 0 Å². The Labute approximate surface area is 432 Å². The van der Waals surface area contributed by atoms with Gasteiger partial charge in [-0.1, -0.05) is 201 Å². The van der Waals surface area contributed by atoms with Crippen LogP contribution in [-0.2, 0) is 5.41 Å². The first-order valence-corrected chi connectivity index (χ1v) is 25.3. The van der Waals surface area contributed by atoms with E-state index in [-0.39, 0.29) is 0 Å². The fourth-order valence-corrected chi connectivity index (χ4v) is 12.2. The van der Waals surface area contributed by atoms with Gasteiger partial charge in [0.05, 0.1) is 5.41 Å². The zero-order chi connectivity index (χ0) is 49.8. The number of furan rings is 2. The highest BCUT2D eigenvalue weighted by molar-refractivity contribution is 6.13. The maximum absolute atomic E-state index is 6.60. The zero-order valence-electron chi connectivity index (χ0n) is 40.6. The van der Waals surface area contributed by atoms with Gasteiger partial charge < -0.3 is 8.83 Å². The molecular weight excluding hydrogens is 915 g/mol. The predicted octanol–water partition coefficient (Wildman–Crippen LogP) is 18.1. The summed E-state index contributed by atoms with van der Waals surface area (Å²) in [6.45, 7) is 8.67. The third-order valence-corrected chi connectivity index (χ3v) is 15.6. The summed E-state index contributed by atoms with van der Waals surface area (Å²) < 4.78 is 12.8. The normalized spacial score (nSPS) is 14.5. The summed E-state index contributed by atoms with van der Waals surface area (Å²) in [4.78, 5) is 15.7. The van der Waals surface area contributed by atoms with E-state index in [1.807, 2.05) is 60.7 Å². The number of hydrogen-bond acceptors (Lipinski definition) is 5. The molecule has 1 atom stereocenters. The summed E-state index contributed by atoms with van der Waals surface area (Å²) >= 11 is 0. The topological polar surface area (TPSA) is 65.0 Å². The molecule has 0 saturated carbocycles. The summed E-state index contributed by atoms with van der Waals surface area (Å²) in [5.41, 5.74) is 21.9. The van der Waals surface area contributed by atoms with Gasteiger partial charge in [-0.3, -0.25) is 0 Å². The largest absolute Gasteiger partial charge is 0.456 e. The lowest BCUT2D eigenvalue weighted by molar-refractivity contribution is 0.668. The second-order valence-electron chi connectivity index (χ2n) is 19.5. The number of benzene rings is 10. The number of hydrogen-bond donors (Lipinski definition) is 0. The zero-order valence-corrected chi connectivity index (χ0v) is 40.6. The molecule has 5 nitrogen and oxygen atoms in total. The molecule has 13 aromatic rings. The van der Waals surface area contributed by atoms with Crippen molar-refractivity contribution in [1.82, 2.24) is 15.0 Å². The van der Waals surface area contributed by atoms with Crippen molar-refractivity contribution in [2.24, 2.45) is 0 Å². The van der Waals surface area contributed by atoms with Crippen molar-refractivity contribution >= 4 is 49.5 Å². The molecule has 350 valence electrons. The Morgan fingerprint density at radius 2 is 0.813 bits per heavy atom. The second-order valence-corrected chi connectivity index (χ2v) is 19.5. The first kappa shape index (κ1) is 42.7. The highest BCUT2D eigenvalue weighted by atomic mass is 16.3. The van der Waals surface area contributed by atoms with E-state index >= 15 is 0 Å². The molecule has 1 spiro atoms. The van der Waals surface area contributed by atoms with Crippen LogP contribution in [0.1, 0.15) is 22.3 Å². The molecule has 0 radical (unpaired) electrons. The molecule has 2 aliphatic carbocycles. The van der Waals surface area contributed by atoms with Crippen LogP contribution in [0, 0.1) is 0 Å². The van der Waals surface area contributed by atoms with Crippen LogP contribution in [0.4, 0.5) is 0 Å². The van der Waals surface area contributed by atoms with Crippen LogP contribution in [0.3, 0.4) is 0 Å². The van der Waals surface area contributed by atoms with Gasteiger partial charge >= 0.3 is 0 Å². The molecule has 75 heavy (non-hydrogen) atoms. The van der Waals surface area contributed by atoms with Crippen molar-refractivity contribution in [1.29, 1.82) is 0 Å². The molecule has 0 bridgehead atoms. The summed E-state index contributed by atoms with van der Waals surface area (Å²) in [6.07, 6.45) is 4.04. The van der Waals surface area contributed by atoms with Crippen molar-refractivity contribution < 1.29 is 8.83 Å². The quantitative estimate of drug-likeness (QED) is 0.152. The van der Waals surface area contributed by atoms with Gasteiger partial charge in [0.15, 0.2) is 17.5 Å². The minimum atomic E-state index is -0.492. The molecule has 1 unspecified atom stereocenters. The fourth-order valence-electron chi connectivity index (χ4n) is 12.2. The van der Waals surface area contributed by atoms with E-state index < -0.39 is 5.41 Å². The lowest BCUT2D eigenvalue weighted by Crippen LogP contribution is -2.26. The van der Waals surface area contributed by atoms with E-state index in [4.69, 9.17) is 23.8 Å². The van der Waals surface area contributed by atoms with Gasteiger partial charge in [-0.05, 0) is 126 Å². The van der Waals surface area contributed by atoms with E-state index in [9.17, 15) is 0 Å². The van der Waals surface area contributed by atoms with E-state index in [0.717, 1.165) is 99.5 Å². The van der Waals surface area contributed by atoms with Gasteiger partial charge in [-0.15, -0.1) is 0 Å². The number of nitrogens with zero attached hydrogens (tertiary/aromatic N) is 3. The van der Waals surface area contributed by atoms with Crippen LogP contribution in [0.15, 0.2) is 264 Å². The third kappa shape index (κ3) is 6.41. The number of aromatic nitrogens is 3. The molecule has 5 heteroatoms. The van der Waals surface area contributed by atoms with Gasteiger partial charge in [-0.25, -0.2) is 15.0 Å². The fraction of sp³-hybridized carbons (Fsp3) is 0.0143. The van der Waals surface area contributed by atoms with E-state index in [1.165, 1.54) is 39.0 Å². The van der Waals surface area contributed by atoms with Crippen molar-refractivity contribution in [3.63, 3.8) is 0 Å². The molecule has 15 rings (SSSR count). The van der Waals surface area contributed by atoms with Gasteiger partial charge in [-0.2, -0.15) is 0 Å². The first-order chi connectivity index (χ1) is 37.0. The smallest absolute Gasteiger partial charge is 0.164 e. The van der Waals surface area contributed by atoms with Gasteiger partial charge in [0, 0.05) is 38.2 Å². The van der Waals surface area contributed by atoms with Crippen LogP contribution in [0.5, 0.6) is 0 Å². The minimum absolute atomic E-state index is 0.492. The maximum atomic E-state index is 6.60. The molecule has 10 aromatic carbocycles. The van der Waals surface area contributed by atoms with Crippen LogP contribution < -0.4 is 0 Å². The minimum Gasteiger partial charge on any atom is -0.456 e. The second kappa shape index (κ2) is 16.5. The SMILES string of the molecule is C=CC1=C(C=C)C2(c3ccccc31)c1ccccc1-c1ccc(-c3ccc(-c4ccc5oc6cccc(-c7nc(-c8ccc(-c9ccccc9)cc8)nc(-c8ccc9oc%10ccccc%10c9c8)n7)c6c5c4)cc3)cc12. The third-order valence-electron chi connectivity index (χ3n) is 15.6. The average Bonchev–Trinajstić information content (AvgIpc) is 4.22. The predicted molar refractivity (Wildman–Crippen MR) is 306 cm³/mol. The Hall–Kier alpha value is -9.97. The molecular formula is C70H43N3O2. The monoisotopic (exact) mass is 957 g/mol. The Morgan fingerprint density at radius 3 is 1.57 bits per heavy atom. The van der Waals surface area contributed by atoms with Gasteiger partial charge in [0.25, 0.3) is 0 Å². The van der Waals surface area contributed by atoms with Crippen LogP contribution in [0.25, 0.3) is 128 Å². The van der Waals surface area contributed by atoms with E-state index in [0.29, 0.717) is 17.5 Å². The molecule has 0 saturated heterocycles. The van der Waals surface area contributed by atoms with Crippen molar-refractivity contribution in [2.45, 2.75) is 5.41 Å². The van der Waals surface area contributed by atoms with Crippen LogP contribution in [-0.4, -0.2) is 15.0 Å². The number of fused-ring (bicyclic) bond motifs is 13. The molecule has 3 heterocycles. The van der Waals surface area contributed by atoms with Gasteiger partial charge in [0.1, 0.15) is 22.3 Å². The number of allylic oxidation sites excluding steroid dienone is 4. The molecule has 0 fully saturated rings. The Balaban J connectivity index is 0.832. The van der Waals surface area contributed by atoms with Gasteiger partial charge in [0.2, 0.25) is 0 Å². The number of para-hydroxylation sites is 1. The lowest BCUT2D eigenvalue weighted by Gasteiger charge is -2.31. The van der Waals surface area contributed by atoms with E-state index in [2.05, 4.69) is 189 Å². The molecule has 2 aliphatic rings. The molecule has 0 amide bonds. The standard InChI is InChI=1S/C70H43N3O2/c1-3-50-51-17-8-11-21-59(51)70(58(50)4-2)60-22-12-9-18-52(60)53-36-33-48(41-61(53)70)45-27-25-44(26-28-45)47-34-37-64-57(39-47)66-55(20-14-24-65(66)75-64)69-72-67(46-31-29-43(30-32-46)42-15-6-5-7-16-42)71-68(73-69)49-35-38-63-56(40-49)54-19-10-13-23-62(54)74-63/h3-41H,1-2H2. The molecule has 3 aromatic heterocycles. The van der Waals surface area contributed by atoms with Crippen LogP contribution >= 0.6 is 0 Å². The lowest BCUT2D eigenvalue weighted by atomic mass is 9.69. The Bertz CT molecular complexity index is 4560. The van der Waals surface area contributed by atoms with Crippen molar-refractivity contribution in [3.05, 3.63) is 278 Å². The summed E-state index contributed by atoms with van der Waals surface area (Å²) in [5.74, 6) is 1.70. The highest BCUT2D eigenvalue weighted by Crippen LogP contribution is 2.62. The summed E-state index contributed by atoms with van der Waals surface area (Å²) in [6, 6.07) is 79.1. The maximum Gasteiger partial charge on any atom is 0.164 e. The average molecular weight is 958 g/mol. The highest BCUT2D eigenvalue weighted by Gasteiger charge is 2.51. The number of rotatable bonds is 8. The Morgan fingerprint density at radius 1 is 0.320 bits per heavy atom. The van der Waals surface area contributed by atoms with Crippen molar-refractivity contribution in [3.8, 4) is 78.7 Å². The van der Waals surface area contributed by atoms with Crippen LogP contribution in [0.2, 0.25) is 0 Å².